The van der Waals surface area contributed by atoms with E-state index in [2.05, 4.69) is 18.0 Å². The summed E-state index contributed by atoms with van der Waals surface area (Å²) in [4.78, 5) is 5.61. The molecule has 2 N–H and O–H groups in total. The van der Waals surface area contributed by atoms with Crippen molar-refractivity contribution in [2.75, 3.05) is 12.4 Å². The van der Waals surface area contributed by atoms with E-state index in [0.29, 0.717) is 6.10 Å². The number of hydrogen-bond acceptors (Lipinski definition) is 4. The molecule has 0 aromatic carbocycles. The average molecular weight is 252 g/mol. The van der Waals surface area contributed by atoms with Crippen molar-refractivity contribution in [3.8, 4) is 0 Å². The maximum atomic E-state index is 5.93. The Balaban J connectivity index is 1.84. The molecule has 0 amide bonds. The van der Waals surface area contributed by atoms with E-state index in [-0.39, 0.29) is 6.04 Å². The van der Waals surface area contributed by atoms with Gasteiger partial charge in [0.05, 0.1) is 11.8 Å². The molecule has 0 aliphatic carbocycles. The Bertz CT molecular complexity index is 336. The lowest BCUT2D eigenvalue weighted by atomic mass is 10.1. The van der Waals surface area contributed by atoms with Gasteiger partial charge in [0, 0.05) is 29.5 Å². The van der Waals surface area contributed by atoms with Crippen LogP contribution in [0.25, 0.3) is 0 Å². The van der Waals surface area contributed by atoms with E-state index < -0.39 is 0 Å². The summed E-state index contributed by atoms with van der Waals surface area (Å²) in [6.07, 6.45) is 5.67. The monoisotopic (exact) mass is 252 g/mol. The summed E-state index contributed by atoms with van der Waals surface area (Å²) in [5.74, 6) is 1.03. The van der Waals surface area contributed by atoms with Gasteiger partial charge < -0.3 is 10.5 Å². The first-order chi connectivity index (χ1) is 8.29. The summed E-state index contributed by atoms with van der Waals surface area (Å²) in [6, 6.07) is 4.20. The fourth-order valence-corrected chi connectivity index (χ4v) is 2.80. The van der Waals surface area contributed by atoms with Gasteiger partial charge >= 0.3 is 0 Å². The van der Waals surface area contributed by atoms with Crippen molar-refractivity contribution in [3.63, 3.8) is 0 Å². The highest BCUT2D eigenvalue weighted by atomic mass is 32.2. The SMILES string of the molecule is CC[C@H](N)c1ccc(SCC2CCCO2)cn1. The van der Waals surface area contributed by atoms with Gasteiger partial charge in [-0.1, -0.05) is 6.92 Å². The van der Waals surface area contributed by atoms with Crippen LogP contribution in [0, 0.1) is 0 Å². The minimum Gasteiger partial charge on any atom is -0.377 e. The zero-order valence-corrected chi connectivity index (χ0v) is 11.1. The molecule has 1 aromatic heterocycles. The maximum Gasteiger partial charge on any atom is 0.0669 e. The lowest BCUT2D eigenvalue weighted by Crippen LogP contribution is -2.10. The number of hydrogen-bond donors (Lipinski definition) is 1. The van der Waals surface area contributed by atoms with Crippen molar-refractivity contribution in [3.05, 3.63) is 24.0 Å². The Labute approximate surface area is 107 Å². The molecule has 94 valence electrons. The van der Waals surface area contributed by atoms with E-state index in [1.807, 2.05) is 24.0 Å². The molecule has 2 heterocycles. The molecule has 1 aliphatic heterocycles. The molecular weight excluding hydrogens is 232 g/mol. The Kier molecular flexibility index (Phi) is 4.83. The van der Waals surface area contributed by atoms with Gasteiger partial charge in [-0.3, -0.25) is 4.98 Å². The van der Waals surface area contributed by atoms with Crippen molar-refractivity contribution < 1.29 is 4.74 Å². The third-order valence-corrected chi connectivity index (χ3v) is 4.15. The Morgan fingerprint density at radius 1 is 1.59 bits per heavy atom. The maximum absolute atomic E-state index is 5.93. The normalized spacial score (nSPS) is 21.6. The van der Waals surface area contributed by atoms with Crippen LogP contribution in [0.3, 0.4) is 0 Å². The topological polar surface area (TPSA) is 48.1 Å². The molecule has 1 aromatic rings. The average Bonchev–Trinajstić information content (AvgIpc) is 2.89. The van der Waals surface area contributed by atoms with Crippen molar-refractivity contribution in [1.82, 2.24) is 4.98 Å². The highest BCUT2D eigenvalue weighted by Gasteiger charge is 2.15. The van der Waals surface area contributed by atoms with Crippen LogP contribution in [0.4, 0.5) is 0 Å². The molecule has 17 heavy (non-hydrogen) atoms. The predicted molar refractivity (Wildman–Crippen MR) is 71.2 cm³/mol. The molecule has 1 saturated heterocycles. The second-order valence-electron chi connectivity index (χ2n) is 4.38. The molecule has 4 heteroatoms. The molecule has 0 spiro atoms. The lowest BCUT2D eigenvalue weighted by molar-refractivity contribution is 0.129. The van der Waals surface area contributed by atoms with Crippen molar-refractivity contribution >= 4 is 11.8 Å². The minimum absolute atomic E-state index is 0.0622. The minimum atomic E-state index is 0.0622. The fraction of sp³-hybridized carbons (Fsp3) is 0.615. The van der Waals surface area contributed by atoms with Gasteiger partial charge in [-0.05, 0) is 31.4 Å². The van der Waals surface area contributed by atoms with Crippen LogP contribution in [0.2, 0.25) is 0 Å². The number of rotatable bonds is 5. The molecule has 0 bridgehead atoms. The molecule has 1 fully saturated rings. The summed E-state index contributed by atoms with van der Waals surface area (Å²) in [7, 11) is 0. The number of thioether (sulfide) groups is 1. The van der Waals surface area contributed by atoms with E-state index in [1.54, 1.807) is 0 Å². The van der Waals surface area contributed by atoms with Crippen LogP contribution in [0.5, 0.6) is 0 Å². The fourth-order valence-electron chi connectivity index (χ4n) is 1.87. The van der Waals surface area contributed by atoms with Gasteiger partial charge in [0.15, 0.2) is 0 Å². The van der Waals surface area contributed by atoms with E-state index in [4.69, 9.17) is 10.5 Å². The van der Waals surface area contributed by atoms with Crippen LogP contribution >= 0.6 is 11.8 Å². The van der Waals surface area contributed by atoms with Crippen LogP contribution < -0.4 is 5.73 Å². The Morgan fingerprint density at radius 3 is 3.06 bits per heavy atom. The largest absolute Gasteiger partial charge is 0.377 e. The van der Waals surface area contributed by atoms with Crippen molar-refractivity contribution in [1.29, 1.82) is 0 Å². The first-order valence-electron chi connectivity index (χ1n) is 6.25. The third kappa shape index (κ3) is 3.69. The number of nitrogens with zero attached hydrogens (tertiary/aromatic N) is 1. The van der Waals surface area contributed by atoms with Crippen LogP contribution in [-0.4, -0.2) is 23.4 Å². The summed E-state index contributed by atoms with van der Waals surface area (Å²) >= 11 is 1.82. The number of ether oxygens (including phenoxy) is 1. The van der Waals surface area contributed by atoms with Gasteiger partial charge in [0.1, 0.15) is 0 Å². The van der Waals surface area contributed by atoms with Crippen LogP contribution in [0.1, 0.15) is 37.9 Å². The number of pyridine rings is 1. The zero-order chi connectivity index (χ0) is 12.1. The zero-order valence-electron chi connectivity index (χ0n) is 10.3. The van der Waals surface area contributed by atoms with Crippen molar-refractivity contribution in [2.24, 2.45) is 5.73 Å². The molecule has 0 saturated carbocycles. The lowest BCUT2D eigenvalue weighted by Gasteiger charge is -2.10. The highest BCUT2D eigenvalue weighted by Crippen LogP contribution is 2.24. The summed E-state index contributed by atoms with van der Waals surface area (Å²) in [5, 5.41) is 0. The molecule has 3 nitrogen and oxygen atoms in total. The predicted octanol–water partition coefficient (Wildman–Crippen LogP) is 2.76. The summed E-state index contributed by atoms with van der Waals surface area (Å²) in [5.41, 5.74) is 6.91. The van der Waals surface area contributed by atoms with E-state index >= 15 is 0 Å². The molecule has 0 radical (unpaired) electrons. The van der Waals surface area contributed by atoms with Gasteiger partial charge in [-0.15, -0.1) is 11.8 Å². The standard InChI is InChI=1S/C13H20N2OS/c1-2-12(14)13-6-5-11(8-15-13)17-9-10-4-3-7-16-10/h5-6,8,10,12H,2-4,7,9,14H2,1H3/t10?,12-/m0/s1. The smallest absolute Gasteiger partial charge is 0.0669 e. The van der Waals surface area contributed by atoms with Gasteiger partial charge in [0.25, 0.3) is 0 Å². The second-order valence-corrected chi connectivity index (χ2v) is 5.47. The van der Waals surface area contributed by atoms with Crippen LogP contribution in [0.15, 0.2) is 23.2 Å². The molecule has 1 aliphatic rings. The van der Waals surface area contributed by atoms with Gasteiger partial charge in [0.2, 0.25) is 0 Å². The van der Waals surface area contributed by atoms with E-state index in [0.717, 1.165) is 24.5 Å². The Morgan fingerprint density at radius 2 is 2.47 bits per heavy atom. The quantitative estimate of drug-likeness (QED) is 0.819. The summed E-state index contributed by atoms with van der Waals surface area (Å²) in [6.45, 7) is 3.00. The molecule has 2 atom stereocenters. The second kappa shape index (κ2) is 6.38. The third-order valence-electron chi connectivity index (χ3n) is 3.04. The number of nitrogens with two attached hydrogens (primary N) is 1. The first-order valence-corrected chi connectivity index (χ1v) is 7.24. The molecular formula is C13H20N2OS. The van der Waals surface area contributed by atoms with Crippen LogP contribution in [-0.2, 0) is 4.74 Å². The van der Waals surface area contributed by atoms with Crippen molar-refractivity contribution in [2.45, 2.75) is 43.2 Å². The molecule has 1 unspecified atom stereocenters. The first kappa shape index (κ1) is 12.9. The Hall–Kier alpha value is -0.580. The van der Waals surface area contributed by atoms with E-state index in [1.165, 1.54) is 17.7 Å². The highest BCUT2D eigenvalue weighted by molar-refractivity contribution is 7.99. The number of aromatic nitrogens is 1. The van der Waals surface area contributed by atoms with Gasteiger partial charge in [-0.25, -0.2) is 0 Å². The van der Waals surface area contributed by atoms with E-state index in [9.17, 15) is 0 Å². The molecule has 2 rings (SSSR count). The van der Waals surface area contributed by atoms with Gasteiger partial charge in [-0.2, -0.15) is 0 Å². The summed E-state index contributed by atoms with van der Waals surface area (Å²) < 4.78 is 5.59.